The third-order valence-corrected chi connectivity index (χ3v) is 2.77. The van der Waals surface area contributed by atoms with Crippen LogP contribution in [-0.2, 0) is 13.5 Å². The van der Waals surface area contributed by atoms with Crippen LogP contribution in [0.3, 0.4) is 0 Å². The van der Waals surface area contributed by atoms with Gasteiger partial charge in [0.15, 0.2) is 0 Å². The number of rotatable bonds is 7. The molecule has 0 aliphatic carbocycles. The van der Waals surface area contributed by atoms with Gasteiger partial charge >= 0.3 is 0 Å². The van der Waals surface area contributed by atoms with Crippen molar-refractivity contribution in [3.63, 3.8) is 0 Å². The fourth-order valence-corrected chi connectivity index (χ4v) is 1.51. The third-order valence-electron chi connectivity index (χ3n) is 2.77. The molecule has 0 radical (unpaired) electrons. The van der Waals surface area contributed by atoms with Gasteiger partial charge in [-0.1, -0.05) is 20.3 Å². The van der Waals surface area contributed by atoms with Crippen LogP contribution in [0.2, 0.25) is 0 Å². The second kappa shape index (κ2) is 6.62. The Hall–Kier alpha value is -0.830. The van der Waals surface area contributed by atoms with Gasteiger partial charge in [-0.15, -0.1) is 0 Å². The van der Waals surface area contributed by atoms with E-state index in [1.165, 1.54) is 18.4 Å². The van der Waals surface area contributed by atoms with Crippen LogP contribution in [0.4, 0.5) is 0 Å². The van der Waals surface area contributed by atoms with Crippen molar-refractivity contribution in [2.75, 3.05) is 13.1 Å². The van der Waals surface area contributed by atoms with E-state index in [2.05, 4.69) is 30.5 Å². The minimum Gasteiger partial charge on any atom is -0.316 e. The van der Waals surface area contributed by atoms with Crippen LogP contribution in [0.25, 0.3) is 0 Å². The van der Waals surface area contributed by atoms with E-state index in [1.54, 1.807) is 0 Å². The van der Waals surface area contributed by atoms with Crippen LogP contribution in [-0.4, -0.2) is 22.9 Å². The van der Waals surface area contributed by atoms with Crippen molar-refractivity contribution in [3.05, 3.63) is 18.0 Å². The Labute approximate surface area is 92.9 Å². The number of nitrogens with one attached hydrogen (secondary N) is 1. The molecule has 1 aromatic rings. The molecule has 1 unspecified atom stereocenters. The third kappa shape index (κ3) is 4.98. The maximum Gasteiger partial charge on any atom is 0.0521 e. The Kier molecular flexibility index (Phi) is 5.40. The van der Waals surface area contributed by atoms with Gasteiger partial charge in [-0.2, -0.15) is 5.10 Å². The summed E-state index contributed by atoms with van der Waals surface area (Å²) in [5.41, 5.74) is 1.34. The molecule has 3 heteroatoms. The summed E-state index contributed by atoms with van der Waals surface area (Å²) in [5.74, 6) is 0.795. The molecule has 1 aromatic heterocycles. The summed E-state index contributed by atoms with van der Waals surface area (Å²) < 4.78 is 1.86. The minimum atomic E-state index is 0.795. The van der Waals surface area contributed by atoms with Crippen molar-refractivity contribution in [1.29, 1.82) is 0 Å². The number of nitrogens with zero attached hydrogens (tertiary/aromatic N) is 2. The highest BCUT2D eigenvalue weighted by molar-refractivity contribution is 5.03. The van der Waals surface area contributed by atoms with Crippen LogP contribution in [0.15, 0.2) is 12.4 Å². The maximum atomic E-state index is 4.15. The molecule has 0 aliphatic heterocycles. The van der Waals surface area contributed by atoms with E-state index in [-0.39, 0.29) is 0 Å². The molecule has 1 rings (SSSR count). The SMILES string of the molecule is CCC(C)CNCCCc1cnn(C)c1. The van der Waals surface area contributed by atoms with Crippen LogP contribution >= 0.6 is 0 Å². The Morgan fingerprint density at radius 1 is 1.53 bits per heavy atom. The predicted molar refractivity (Wildman–Crippen MR) is 63.9 cm³/mol. The van der Waals surface area contributed by atoms with Crippen LogP contribution in [0.5, 0.6) is 0 Å². The summed E-state index contributed by atoms with van der Waals surface area (Å²) in [6.45, 7) is 6.78. The number of aryl methyl sites for hydroxylation is 2. The van der Waals surface area contributed by atoms with Crippen LogP contribution in [0, 0.1) is 5.92 Å². The average molecular weight is 209 g/mol. The standard InChI is InChI=1S/C12H23N3/c1-4-11(2)8-13-7-5-6-12-9-14-15(3)10-12/h9-11,13H,4-8H2,1-3H3. The molecule has 0 saturated heterocycles. The van der Waals surface area contributed by atoms with E-state index in [9.17, 15) is 0 Å². The van der Waals surface area contributed by atoms with Crippen molar-refractivity contribution in [3.8, 4) is 0 Å². The normalized spacial score (nSPS) is 13.0. The first kappa shape index (κ1) is 12.2. The average Bonchev–Trinajstić information content (AvgIpc) is 2.63. The van der Waals surface area contributed by atoms with Gasteiger partial charge in [0.05, 0.1) is 6.20 Å². The lowest BCUT2D eigenvalue weighted by atomic mass is 10.1. The molecular formula is C12H23N3. The molecule has 0 saturated carbocycles. The summed E-state index contributed by atoms with van der Waals surface area (Å²) in [6.07, 6.45) is 7.63. The highest BCUT2D eigenvalue weighted by Gasteiger charge is 1.98. The second-order valence-electron chi connectivity index (χ2n) is 4.34. The molecule has 0 amide bonds. The molecular weight excluding hydrogens is 186 g/mol. The zero-order valence-electron chi connectivity index (χ0n) is 10.2. The smallest absolute Gasteiger partial charge is 0.0521 e. The van der Waals surface area contributed by atoms with Gasteiger partial charge in [0.2, 0.25) is 0 Å². The largest absolute Gasteiger partial charge is 0.316 e. The Morgan fingerprint density at radius 3 is 2.93 bits per heavy atom. The second-order valence-corrected chi connectivity index (χ2v) is 4.34. The van der Waals surface area contributed by atoms with E-state index in [1.807, 2.05) is 17.9 Å². The molecule has 15 heavy (non-hydrogen) atoms. The van der Waals surface area contributed by atoms with Gasteiger partial charge in [-0.05, 0) is 37.4 Å². The van der Waals surface area contributed by atoms with Crippen molar-refractivity contribution >= 4 is 0 Å². The summed E-state index contributed by atoms with van der Waals surface area (Å²) >= 11 is 0. The highest BCUT2D eigenvalue weighted by Crippen LogP contribution is 2.01. The van der Waals surface area contributed by atoms with E-state index < -0.39 is 0 Å². The number of hydrogen-bond acceptors (Lipinski definition) is 2. The summed E-state index contributed by atoms with van der Waals surface area (Å²) in [5, 5.41) is 7.64. The predicted octanol–water partition coefficient (Wildman–Crippen LogP) is 1.99. The molecule has 3 nitrogen and oxygen atoms in total. The zero-order chi connectivity index (χ0) is 11.1. The first-order chi connectivity index (χ1) is 7.22. The molecule has 1 atom stereocenters. The molecule has 0 fully saturated rings. The summed E-state index contributed by atoms with van der Waals surface area (Å²) in [4.78, 5) is 0. The Balaban J connectivity index is 2.02. The van der Waals surface area contributed by atoms with Crippen molar-refractivity contribution < 1.29 is 0 Å². The van der Waals surface area contributed by atoms with Crippen molar-refractivity contribution in [2.45, 2.75) is 33.1 Å². The van der Waals surface area contributed by atoms with Gasteiger partial charge in [0.25, 0.3) is 0 Å². The summed E-state index contributed by atoms with van der Waals surface area (Å²) in [6, 6.07) is 0. The monoisotopic (exact) mass is 209 g/mol. The lowest BCUT2D eigenvalue weighted by Crippen LogP contribution is -2.22. The van der Waals surface area contributed by atoms with Gasteiger partial charge in [-0.3, -0.25) is 4.68 Å². The first-order valence-corrected chi connectivity index (χ1v) is 5.90. The van der Waals surface area contributed by atoms with Gasteiger partial charge < -0.3 is 5.32 Å². The molecule has 1 heterocycles. The van der Waals surface area contributed by atoms with Gasteiger partial charge in [0, 0.05) is 13.2 Å². The van der Waals surface area contributed by atoms with Crippen LogP contribution < -0.4 is 5.32 Å². The lowest BCUT2D eigenvalue weighted by molar-refractivity contribution is 0.496. The van der Waals surface area contributed by atoms with Crippen LogP contribution in [0.1, 0.15) is 32.3 Å². The molecule has 0 bridgehead atoms. The van der Waals surface area contributed by atoms with Gasteiger partial charge in [-0.25, -0.2) is 0 Å². The summed E-state index contributed by atoms with van der Waals surface area (Å²) in [7, 11) is 1.96. The fraction of sp³-hybridized carbons (Fsp3) is 0.750. The molecule has 0 aliphatic rings. The maximum absolute atomic E-state index is 4.15. The van der Waals surface area contributed by atoms with E-state index >= 15 is 0 Å². The van der Waals surface area contributed by atoms with E-state index in [0.29, 0.717) is 0 Å². The molecule has 1 N–H and O–H groups in total. The Bertz CT molecular complexity index is 268. The highest BCUT2D eigenvalue weighted by atomic mass is 15.2. The lowest BCUT2D eigenvalue weighted by Gasteiger charge is -2.09. The van der Waals surface area contributed by atoms with Crippen molar-refractivity contribution in [1.82, 2.24) is 15.1 Å². The molecule has 0 spiro atoms. The number of hydrogen-bond donors (Lipinski definition) is 1. The quantitative estimate of drug-likeness (QED) is 0.696. The topological polar surface area (TPSA) is 29.9 Å². The fourth-order valence-electron chi connectivity index (χ4n) is 1.51. The minimum absolute atomic E-state index is 0.795. The van der Waals surface area contributed by atoms with Gasteiger partial charge in [0.1, 0.15) is 0 Å². The van der Waals surface area contributed by atoms with E-state index in [4.69, 9.17) is 0 Å². The number of aromatic nitrogens is 2. The molecule has 0 aromatic carbocycles. The molecule has 86 valence electrons. The zero-order valence-corrected chi connectivity index (χ0v) is 10.2. The first-order valence-electron chi connectivity index (χ1n) is 5.90. The Morgan fingerprint density at radius 2 is 2.33 bits per heavy atom. The van der Waals surface area contributed by atoms with E-state index in [0.717, 1.165) is 25.4 Å². The van der Waals surface area contributed by atoms with Crippen molar-refractivity contribution in [2.24, 2.45) is 13.0 Å².